The van der Waals surface area contributed by atoms with Crippen LogP contribution in [0.2, 0.25) is 0 Å². The van der Waals surface area contributed by atoms with E-state index in [0.29, 0.717) is 0 Å². The minimum absolute atomic E-state index is 1.15. The number of nitrogens with zero attached hydrogens (tertiary/aromatic N) is 6. The Morgan fingerprint density at radius 2 is 0.227 bits per heavy atom. The van der Waals surface area contributed by atoms with Gasteiger partial charge in [-0.25, -0.2) is 0 Å². The molecule has 0 bridgehead atoms. The summed E-state index contributed by atoms with van der Waals surface area (Å²) in [6.07, 6.45) is 0. The van der Waals surface area contributed by atoms with Crippen LogP contribution in [-0.2, 0) is 0 Å². The molecule has 0 N–H and O–H groups in total. The van der Waals surface area contributed by atoms with Crippen molar-refractivity contribution < 1.29 is 0 Å². The van der Waals surface area contributed by atoms with Gasteiger partial charge in [0.05, 0.1) is 66.2 Å². The van der Waals surface area contributed by atoms with Gasteiger partial charge in [0, 0.05) is 98.8 Å². The van der Waals surface area contributed by atoms with E-state index in [9.17, 15) is 0 Å². The quantitative estimate of drug-likeness (QED) is 0.0979. The highest BCUT2D eigenvalue weighted by molar-refractivity contribution is 6.17. The van der Waals surface area contributed by atoms with Gasteiger partial charge in [-0.05, 0) is 294 Å². The molecule has 702 valence electrons. The molecule has 0 spiro atoms. The minimum Gasteiger partial charge on any atom is -0.309 e. The molecule has 30 rings (SSSR count). The normalized spacial score (nSPS) is 11.6. The van der Waals surface area contributed by atoms with E-state index in [1.807, 2.05) is 0 Å². The number of fused-ring (bicyclic) bond motifs is 18. The number of benzene rings is 24. The summed E-state index contributed by atoms with van der Waals surface area (Å²) in [6, 6.07) is 211. The van der Waals surface area contributed by atoms with Gasteiger partial charge >= 0.3 is 0 Å². The van der Waals surface area contributed by atoms with Crippen molar-refractivity contribution in [2.75, 3.05) is 0 Å². The van der Waals surface area contributed by atoms with Crippen molar-refractivity contribution in [1.82, 2.24) is 27.4 Å². The fourth-order valence-corrected chi connectivity index (χ4v) is 23.3. The maximum absolute atomic E-state index is 2.43. The molecule has 30 aromatic rings. The van der Waals surface area contributed by atoms with Gasteiger partial charge in [0.1, 0.15) is 0 Å². The molecule has 6 aromatic heterocycles. The van der Waals surface area contributed by atoms with Crippen LogP contribution in [-0.4, -0.2) is 27.4 Å². The zero-order chi connectivity index (χ0) is 99.1. The van der Waals surface area contributed by atoms with Gasteiger partial charge in [-0.15, -0.1) is 0 Å². The molecular formula is C144H96N6. The number of rotatable bonds is 15. The number of aromatic nitrogens is 6. The van der Waals surface area contributed by atoms with Gasteiger partial charge in [0.25, 0.3) is 0 Å². The largest absolute Gasteiger partial charge is 0.309 e. The molecule has 0 radical (unpaired) electrons. The van der Waals surface area contributed by atoms with E-state index in [1.165, 1.54) is 248 Å². The summed E-state index contributed by atoms with van der Waals surface area (Å²) in [7, 11) is 0. The minimum atomic E-state index is 1.15. The monoisotopic (exact) mass is 1910 g/mol. The second kappa shape index (κ2) is 37.4. The first kappa shape index (κ1) is 87.8. The van der Waals surface area contributed by atoms with Crippen molar-refractivity contribution in [3.8, 4) is 134 Å². The summed E-state index contributed by atoms with van der Waals surface area (Å²) in [5.41, 5.74) is 43.4. The number of hydrogen-bond donors (Lipinski definition) is 0. The first-order chi connectivity index (χ1) is 74.4. The predicted octanol–water partition coefficient (Wildman–Crippen LogP) is 38.6. The van der Waals surface area contributed by atoms with Gasteiger partial charge < -0.3 is 27.4 Å². The lowest BCUT2D eigenvalue weighted by molar-refractivity contribution is 1.18. The van der Waals surface area contributed by atoms with E-state index in [4.69, 9.17) is 0 Å². The molecule has 0 aliphatic carbocycles. The van der Waals surface area contributed by atoms with E-state index in [0.717, 1.165) is 17.1 Å². The molecule has 0 saturated carbocycles. The molecule has 24 aromatic carbocycles. The van der Waals surface area contributed by atoms with Crippen molar-refractivity contribution in [3.05, 3.63) is 582 Å². The van der Waals surface area contributed by atoms with Crippen molar-refractivity contribution in [1.29, 1.82) is 0 Å². The van der Waals surface area contributed by atoms with E-state index in [2.05, 4.69) is 610 Å². The summed E-state index contributed by atoms with van der Waals surface area (Å²) in [5.74, 6) is 0. The third-order valence-electron chi connectivity index (χ3n) is 30.3. The predicted molar refractivity (Wildman–Crippen MR) is 634 cm³/mol. The van der Waals surface area contributed by atoms with Gasteiger partial charge in [-0.3, -0.25) is 0 Å². The molecule has 6 nitrogen and oxygen atoms in total. The standard InChI is InChI=1S/3C48H32N2/c1-4-14-33(15-5-1)37-28-38(34-16-6-2-7-17-34)30-40(29-37)50-46-23-13-11-21-42(46)44-32-36(25-27-48(44)50)35-24-26-47-43(31-35)41-20-10-12-22-45(41)49(47)39-18-8-3-9-19-39;1-3-12-33(13-4-1)35-14-11-15-36(30-35)34-22-26-40(27-23-34)50-46-21-10-8-19-42(46)44-32-38(25-29-48(44)50)37-24-28-47-43(31-37)41-18-7-9-20-45(41)49(47)39-16-5-2-6-17-39;1-3-12-33(13-4-1)34-22-24-35(25-23-34)36-14-11-17-40(30-36)50-46-21-10-8-19-42(46)44-32-38(27-29-48(44)50)37-26-28-47-43(31-37)41-18-7-9-20-45(41)49(47)39-15-5-2-6-16-39/h3*1-32H. The van der Waals surface area contributed by atoms with Gasteiger partial charge in [-0.2, -0.15) is 0 Å². The summed E-state index contributed by atoms with van der Waals surface area (Å²) < 4.78 is 14.4. The van der Waals surface area contributed by atoms with Crippen LogP contribution < -0.4 is 0 Å². The maximum Gasteiger partial charge on any atom is 0.0541 e. The zero-order valence-electron chi connectivity index (χ0n) is 82.1. The Balaban J connectivity index is 0.000000108. The molecule has 0 unspecified atom stereocenters. The zero-order valence-corrected chi connectivity index (χ0v) is 82.1. The molecule has 150 heavy (non-hydrogen) atoms. The van der Waals surface area contributed by atoms with E-state index < -0.39 is 0 Å². The average molecular weight is 1910 g/mol. The third kappa shape index (κ3) is 15.6. The SMILES string of the molecule is c1ccc(-c2cc(-c3ccccc3)cc(-n3c4ccccc4c4cc(-c5ccc6c(c5)c5ccccc5n6-c5ccccc5)ccc43)c2)cc1.c1ccc(-c2ccc(-c3cccc(-n4c5ccccc5c5cc(-c6ccc7c(c6)c6ccccc6n7-c6ccccc6)ccc54)c3)cc2)cc1.c1ccc(-c2cccc(-c3ccc(-n4c5ccccc5c5cc(-c6ccc7c(c6)c6ccccc6n7-c6ccccc6)ccc54)cc3)c2)cc1. The smallest absolute Gasteiger partial charge is 0.0541 e. The van der Waals surface area contributed by atoms with Crippen LogP contribution in [0.5, 0.6) is 0 Å². The maximum atomic E-state index is 2.43. The Hall–Kier alpha value is -19.9. The summed E-state index contributed by atoms with van der Waals surface area (Å²) in [4.78, 5) is 0. The topological polar surface area (TPSA) is 29.6 Å². The molecule has 0 aliphatic heterocycles. The Kier molecular flexibility index (Phi) is 21.9. The van der Waals surface area contributed by atoms with Crippen molar-refractivity contribution >= 4 is 131 Å². The second-order valence-electron chi connectivity index (χ2n) is 39.0. The van der Waals surface area contributed by atoms with Crippen LogP contribution >= 0.6 is 0 Å². The van der Waals surface area contributed by atoms with Gasteiger partial charge in [0.15, 0.2) is 0 Å². The summed E-state index contributed by atoms with van der Waals surface area (Å²) in [6.45, 7) is 0. The Morgan fingerprint density at radius 1 is 0.0733 bits per heavy atom. The molecular weight excluding hydrogens is 1810 g/mol. The Labute approximate surface area is 868 Å². The van der Waals surface area contributed by atoms with Gasteiger partial charge in [-0.1, -0.05) is 388 Å². The van der Waals surface area contributed by atoms with Crippen LogP contribution in [0.1, 0.15) is 0 Å². The Morgan fingerprint density at radius 3 is 0.513 bits per heavy atom. The van der Waals surface area contributed by atoms with Crippen molar-refractivity contribution in [2.45, 2.75) is 0 Å². The molecule has 0 fully saturated rings. The van der Waals surface area contributed by atoms with Crippen LogP contribution in [0.4, 0.5) is 0 Å². The molecule has 0 amide bonds. The van der Waals surface area contributed by atoms with Crippen molar-refractivity contribution in [3.63, 3.8) is 0 Å². The highest BCUT2D eigenvalue weighted by Crippen LogP contribution is 2.47. The van der Waals surface area contributed by atoms with Crippen LogP contribution in [0.3, 0.4) is 0 Å². The molecule has 6 heteroatoms. The van der Waals surface area contributed by atoms with E-state index in [1.54, 1.807) is 0 Å². The average Bonchev–Trinajstić information content (AvgIpc) is 1.58. The number of para-hydroxylation sites is 9. The summed E-state index contributed by atoms with van der Waals surface area (Å²) in [5, 5.41) is 15.1. The molecule has 0 atom stereocenters. The second-order valence-corrected chi connectivity index (χ2v) is 39.0. The summed E-state index contributed by atoms with van der Waals surface area (Å²) >= 11 is 0. The molecule has 0 aliphatic rings. The lowest BCUT2D eigenvalue weighted by Crippen LogP contribution is -1.96. The molecule has 0 saturated heterocycles. The Bertz CT molecular complexity index is 10400. The van der Waals surface area contributed by atoms with Crippen LogP contribution in [0, 0.1) is 0 Å². The highest BCUT2D eigenvalue weighted by Gasteiger charge is 2.24. The fraction of sp³-hybridized carbons (Fsp3) is 0. The van der Waals surface area contributed by atoms with Crippen LogP contribution in [0.25, 0.3) is 265 Å². The van der Waals surface area contributed by atoms with Crippen LogP contribution in [0.15, 0.2) is 582 Å². The highest BCUT2D eigenvalue weighted by atomic mass is 15.0. The lowest BCUT2D eigenvalue weighted by atomic mass is 9.98. The first-order valence-corrected chi connectivity index (χ1v) is 51.6. The molecule has 6 heterocycles. The van der Waals surface area contributed by atoms with E-state index >= 15 is 0 Å². The lowest BCUT2D eigenvalue weighted by Gasteiger charge is -2.14. The third-order valence-corrected chi connectivity index (χ3v) is 30.3. The number of hydrogen-bond acceptors (Lipinski definition) is 0. The first-order valence-electron chi connectivity index (χ1n) is 51.6. The fourth-order valence-electron chi connectivity index (χ4n) is 23.3. The van der Waals surface area contributed by atoms with Crippen molar-refractivity contribution in [2.24, 2.45) is 0 Å². The van der Waals surface area contributed by atoms with Gasteiger partial charge in [0.2, 0.25) is 0 Å². The van der Waals surface area contributed by atoms with E-state index in [-0.39, 0.29) is 0 Å².